The summed E-state index contributed by atoms with van der Waals surface area (Å²) in [5, 5.41) is 6.46. The van der Waals surface area contributed by atoms with E-state index in [0.29, 0.717) is 24.8 Å². The smallest absolute Gasteiger partial charge is 0.220 e. The van der Waals surface area contributed by atoms with Crippen molar-refractivity contribution in [2.24, 2.45) is 11.8 Å². The summed E-state index contributed by atoms with van der Waals surface area (Å²) in [4.78, 5) is 13.3. The van der Waals surface area contributed by atoms with Crippen LogP contribution in [0.5, 0.6) is 0 Å². The van der Waals surface area contributed by atoms with Crippen LogP contribution in [0.2, 0.25) is 0 Å². The van der Waals surface area contributed by atoms with E-state index in [1.165, 1.54) is 17.7 Å². The normalized spacial score (nSPS) is 20.0. The summed E-state index contributed by atoms with van der Waals surface area (Å²) < 4.78 is 0. The Morgan fingerprint density at radius 3 is 2.81 bits per heavy atom. The van der Waals surface area contributed by atoms with Crippen molar-refractivity contribution >= 4 is 17.7 Å². The van der Waals surface area contributed by atoms with Crippen molar-refractivity contribution in [1.29, 1.82) is 0 Å². The van der Waals surface area contributed by atoms with E-state index in [-0.39, 0.29) is 5.91 Å². The van der Waals surface area contributed by atoms with Crippen molar-refractivity contribution in [3.63, 3.8) is 0 Å². The van der Waals surface area contributed by atoms with Crippen molar-refractivity contribution in [2.45, 2.75) is 37.6 Å². The van der Waals surface area contributed by atoms with Crippen LogP contribution in [0.3, 0.4) is 0 Å². The Bertz CT molecular complexity index is 441. The summed E-state index contributed by atoms with van der Waals surface area (Å²) >= 11 is 1.73. The van der Waals surface area contributed by atoms with Crippen molar-refractivity contribution in [1.82, 2.24) is 10.6 Å². The maximum Gasteiger partial charge on any atom is 0.220 e. The van der Waals surface area contributed by atoms with Gasteiger partial charge in [-0.05, 0) is 61.7 Å². The van der Waals surface area contributed by atoms with Crippen LogP contribution in [0.1, 0.15) is 31.7 Å². The number of piperidine rings is 1. The predicted octanol–water partition coefficient (Wildman–Crippen LogP) is 3.05. The number of hydrogen-bond donors (Lipinski definition) is 2. The first-order valence-electron chi connectivity index (χ1n) is 7.79. The van der Waals surface area contributed by atoms with Gasteiger partial charge in [-0.3, -0.25) is 4.79 Å². The van der Waals surface area contributed by atoms with E-state index in [1.54, 1.807) is 11.8 Å². The minimum Gasteiger partial charge on any atom is -0.352 e. The van der Waals surface area contributed by atoms with E-state index in [9.17, 15) is 4.79 Å². The molecule has 2 rings (SSSR count). The second-order valence-electron chi connectivity index (χ2n) is 5.91. The van der Waals surface area contributed by atoms with Gasteiger partial charge in [0.1, 0.15) is 0 Å². The highest BCUT2D eigenvalue weighted by Gasteiger charge is 2.21. The van der Waals surface area contributed by atoms with Crippen LogP contribution in [0.15, 0.2) is 29.2 Å². The maximum atomic E-state index is 12.1. The highest BCUT2D eigenvalue weighted by atomic mass is 32.2. The average Bonchev–Trinajstić information content (AvgIpc) is 2.54. The Balaban J connectivity index is 1.73. The zero-order chi connectivity index (χ0) is 15.1. The topological polar surface area (TPSA) is 41.1 Å². The summed E-state index contributed by atoms with van der Waals surface area (Å²) in [6, 6.07) is 8.37. The molecule has 1 saturated heterocycles. The number of benzene rings is 1. The highest BCUT2D eigenvalue weighted by molar-refractivity contribution is 7.98. The van der Waals surface area contributed by atoms with Gasteiger partial charge in [0.2, 0.25) is 5.91 Å². The van der Waals surface area contributed by atoms with Crippen molar-refractivity contribution in [3.8, 4) is 0 Å². The van der Waals surface area contributed by atoms with Gasteiger partial charge in [-0.1, -0.05) is 19.1 Å². The lowest BCUT2D eigenvalue weighted by molar-refractivity contribution is -0.122. The lowest BCUT2D eigenvalue weighted by Gasteiger charge is -2.28. The Morgan fingerprint density at radius 2 is 2.19 bits per heavy atom. The second kappa shape index (κ2) is 8.44. The molecule has 1 fully saturated rings. The van der Waals surface area contributed by atoms with Crippen LogP contribution in [-0.2, 0) is 11.3 Å². The van der Waals surface area contributed by atoms with Gasteiger partial charge in [0, 0.05) is 17.9 Å². The monoisotopic (exact) mass is 306 g/mol. The fraction of sp³-hybridized carbons (Fsp3) is 0.588. The molecule has 0 spiro atoms. The van der Waals surface area contributed by atoms with Gasteiger partial charge in [-0.15, -0.1) is 11.8 Å². The third-order valence-corrected chi connectivity index (χ3v) is 5.04. The molecule has 0 saturated carbocycles. The van der Waals surface area contributed by atoms with Gasteiger partial charge in [-0.2, -0.15) is 0 Å². The van der Waals surface area contributed by atoms with Gasteiger partial charge in [0.25, 0.3) is 0 Å². The van der Waals surface area contributed by atoms with Crippen LogP contribution in [0.4, 0.5) is 0 Å². The molecular weight excluding hydrogens is 280 g/mol. The Hall–Kier alpha value is -1.00. The second-order valence-corrected chi connectivity index (χ2v) is 6.79. The maximum absolute atomic E-state index is 12.1. The SMILES string of the molecule is CSc1ccc(CNC(=O)CC(C)C2CCCNC2)cc1. The van der Waals surface area contributed by atoms with E-state index >= 15 is 0 Å². The molecule has 0 bridgehead atoms. The molecule has 1 amide bonds. The molecule has 0 radical (unpaired) electrons. The van der Waals surface area contributed by atoms with Crippen LogP contribution < -0.4 is 10.6 Å². The minimum absolute atomic E-state index is 0.169. The predicted molar refractivity (Wildman–Crippen MR) is 89.4 cm³/mol. The number of rotatable bonds is 6. The molecule has 2 atom stereocenters. The Labute approximate surface area is 132 Å². The summed E-state index contributed by atoms with van der Waals surface area (Å²) in [5.74, 6) is 1.27. The Kier molecular flexibility index (Phi) is 6.58. The zero-order valence-electron chi connectivity index (χ0n) is 13.0. The molecule has 0 aliphatic carbocycles. The van der Waals surface area contributed by atoms with Gasteiger partial charge >= 0.3 is 0 Å². The summed E-state index contributed by atoms with van der Waals surface area (Å²) in [7, 11) is 0. The number of carbonyl (C=O) groups is 1. The highest BCUT2D eigenvalue weighted by Crippen LogP contribution is 2.22. The zero-order valence-corrected chi connectivity index (χ0v) is 13.8. The quantitative estimate of drug-likeness (QED) is 0.794. The number of carbonyl (C=O) groups excluding carboxylic acids is 1. The summed E-state index contributed by atoms with van der Waals surface area (Å²) in [6.07, 6.45) is 5.18. The lowest BCUT2D eigenvalue weighted by Crippen LogP contribution is -2.35. The summed E-state index contributed by atoms with van der Waals surface area (Å²) in [5.41, 5.74) is 1.16. The summed E-state index contributed by atoms with van der Waals surface area (Å²) in [6.45, 7) is 5.01. The van der Waals surface area contributed by atoms with Gasteiger partial charge < -0.3 is 10.6 Å². The fourth-order valence-corrected chi connectivity index (χ4v) is 3.25. The number of amides is 1. The largest absolute Gasteiger partial charge is 0.352 e. The third-order valence-electron chi connectivity index (χ3n) is 4.30. The standard InChI is InChI=1S/C17H26N2OS/c1-13(15-4-3-9-18-12-15)10-17(20)19-11-14-5-7-16(21-2)8-6-14/h5-8,13,15,18H,3-4,9-12H2,1-2H3,(H,19,20). The molecule has 1 heterocycles. The number of thioether (sulfide) groups is 1. The van der Waals surface area contributed by atoms with Crippen LogP contribution in [0, 0.1) is 11.8 Å². The first-order chi connectivity index (χ1) is 10.2. The van der Waals surface area contributed by atoms with Crippen LogP contribution in [0.25, 0.3) is 0 Å². The molecule has 1 aliphatic heterocycles. The van der Waals surface area contributed by atoms with E-state index < -0.39 is 0 Å². The average molecular weight is 306 g/mol. The first-order valence-corrected chi connectivity index (χ1v) is 9.02. The molecule has 1 aliphatic rings. The van der Waals surface area contributed by atoms with E-state index in [0.717, 1.165) is 18.7 Å². The van der Waals surface area contributed by atoms with Gasteiger partial charge in [0.05, 0.1) is 0 Å². The van der Waals surface area contributed by atoms with Gasteiger partial charge in [-0.25, -0.2) is 0 Å². The lowest BCUT2D eigenvalue weighted by atomic mass is 9.85. The molecule has 4 heteroatoms. The first kappa shape index (κ1) is 16.4. The molecule has 1 aromatic rings. The van der Waals surface area contributed by atoms with Crippen LogP contribution in [-0.4, -0.2) is 25.3 Å². The minimum atomic E-state index is 0.169. The van der Waals surface area contributed by atoms with E-state index in [4.69, 9.17) is 0 Å². The molecule has 3 nitrogen and oxygen atoms in total. The molecule has 2 unspecified atom stereocenters. The van der Waals surface area contributed by atoms with E-state index in [1.807, 2.05) is 0 Å². The molecular formula is C17H26N2OS. The molecule has 0 aromatic heterocycles. The Morgan fingerprint density at radius 1 is 1.43 bits per heavy atom. The van der Waals surface area contributed by atoms with Crippen molar-refractivity contribution in [3.05, 3.63) is 29.8 Å². The van der Waals surface area contributed by atoms with Crippen molar-refractivity contribution in [2.75, 3.05) is 19.3 Å². The van der Waals surface area contributed by atoms with Crippen molar-refractivity contribution < 1.29 is 4.79 Å². The fourth-order valence-electron chi connectivity index (χ4n) is 2.84. The van der Waals surface area contributed by atoms with Crippen LogP contribution >= 0.6 is 11.8 Å². The van der Waals surface area contributed by atoms with Gasteiger partial charge in [0.15, 0.2) is 0 Å². The molecule has 2 N–H and O–H groups in total. The number of nitrogens with one attached hydrogen (secondary N) is 2. The van der Waals surface area contributed by atoms with E-state index in [2.05, 4.69) is 48.1 Å². The molecule has 1 aromatic carbocycles. The number of hydrogen-bond acceptors (Lipinski definition) is 3. The molecule has 116 valence electrons. The third kappa shape index (κ3) is 5.36. The molecule has 21 heavy (non-hydrogen) atoms.